The fourth-order valence-electron chi connectivity index (χ4n) is 1.96. The van der Waals surface area contributed by atoms with E-state index in [1.165, 1.54) is 12.1 Å². The largest absolute Gasteiger partial charge is 0.381 e. The lowest BCUT2D eigenvalue weighted by Crippen LogP contribution is -2.32. The molecule has 1 aliphatic heterocycles. The van der Waals surface area contributed by atoms with Crippen LogP contribution < -0.4 is 5.32 Å². The summed E-state index contributed by atoms with van der Waals surface area (Å²) in [6, 6.07) is 5.12. The Morgan fingerprint density at radius 2 is 2.31 bits per heavy atom. The van der Waals surface area contributed by atoms with Gasteiger partial charge in [-0.15, -0.1) is 0 Å². The Bertz CT molecular complexity index is 372. The zero-order valence-electron chi connectivity index (χ0n) is 9.17. The minimum Gasteiger partial charge on any atom is -0.381 e. The van der Waals surface area contributed by atoms with Crippen molar-refractivity contribution in [1.82, 2.24) is 0 Å². The molecule has 4 heteroatoms. The molecule has 2 nitrogen and oxygen atoms in total. The second-order valence-electron chi connectivity index (χ2n) is 4.17. The molecule has 0 bridgehead atoms. The molecule has 0 saturated carbocycles. The lowest BCUT2D eigenvalue weighted by Gasteiger charge is -2.29. The summed E-state index contributed by atoms with van der Waals surface area (Å²) in [6.07, 6.45) is 2.28. The lowest BCUT2D eigenvalue weighted by atomic mass is 10.0. The lowest BCUT2D eigenvalue weighted by molar-refractivity contribution is 0.0232. The summed E-state index contributed by atoms with van der Waals surface area (Å²) in [7, 11) is 0. The monoisotopic (exact) mass is 287 g/mol. The summed E-state index contributed by atoms with van der Waals surface area (Å²) in [5.74, 6) is -0.224. The standard InChI is InChI=1S/C12H15BrFNO/c1-8-6-10(4-5-16-8)15-12-3-2-9(14)7-11(12)13/h2-3,7-8,10,15H,4-6H2,1H3. The molecule has 0 aliphatic carbocycles. The van der Waals surface area contributed by atoms with Crippen LogP contribution in [-0.4, -0.2) is 18.8 Å². The predicted molar refractivity (Wildman–Crippen MR) is 66.2 cm³/mol. The van der Waals surface area contributed by atoms with Crippen LogP contribution >= 0.6 is 15.9 Å². The highest BCUT2D eigenvalue weighted by Crippen LogP contribution is 2.26. The number of benzene rings is 1. The van der Waals surface area contributed by atoms with E-state index in [0.29, 0.717) is 12.1 Å². The molecule has 2 atom stereocenters. The molecule has 88 valence electrons. The maximum absolute atomic E-state index is 12.9. The molecule has 0 spiro atoms. The molecular formula is C12H15BrFNO. The number of ether oxygens (including phenoxy) is 1. The van der Waals surface area contributed by atoms with E-state index in [2.05, 4.69) is 28.2 Å². The third-order valence-corrected chi connectivity index (χ3v) is 3.43. The van der Waals surface area contributed by atoms with Gasteiger partial charge in [0.2, 0.25) is 0 Å². The molecule has 2 rings (SSSR count). The van der Waals surface area contributed by atoms with Crippen LogP contribution in [0.2, 0.25) is 0 Å². The number of hydrogen-bond acceptors (Lipinski definition) is 2. The number of hydrogen-bond donors (Lipinski definition) is 1. The third kappa shape index (κ3) is 2.95. The van der Waals surface area contributed by atoms with Crippen molar-refractivity contribution in [3.05, 3.63) is 28.5 Å². The second kappa shape index (κ2) is 5.15. The normalized spacial score (nSPS) is 25.4. The van der Waals surface area contributed by atoms with E-state index in [0.717, 1.165) is 29.6 Å². The van der Waals surface area contributed by atoms with Crippen molar-refractivity contribution < 1.29 is 9.13 Å². The summed E-state index contributed by atoms with van der Waals surface area (Å²) >= 11 is 3.36. The zero-order chi connectivity index (χ0) is 11.5. The van der Waals surface area contributed by atoms with Gasteiger partial charge >= 0.3 is 0 Å². The summed E-state index contributed by atoms with van der Waals surface area (Å²) in [6.45, 7) is 2.87. The highest BCUT2D eigenvalue weighted by Gasteiger charge is 2.19. The topological polar surface area (TPSA) is 21.3 Å². The van der Waals surface area contributed by atoms with Crippen LogP contribution in [0.5, 0.6) is 0 Å². The first kappa shape index (κ1) is 11.9. The van der Waals surface area contributed by atoms with Crippen LogP contribution in [0.1, 0.15) is 19.8 Å². The minimum atomic E-state index is -0.224. The van der Waals surface area contributed by atoms with E-state index < -0.39 is 0 Å². The van der Waals surface area contributed by atoms with Crippen molar-refractivity contribution in [3.63, 3.8) is 0 Å². The average molecular weight is 288 g/mol. The maximum Gasteiger partial charge on any atom is 0.124 e. The van der Waals surface area contributed by atoms with Gasteiger partial charge in [0.25, 0.3) is 0 Å². The molecule has 1 fully saturated rings. The van der Waals surface area contributed by atoms with E-state index in [9.17, 15) is 4.39 Å². The van der Waals surface area contributed by atoms with Crippen molar-refractivity contribution in [2.45, 2.75) is 31.9 Å². The number of nitrogens with one attached hydrogen (secondary N) is 1. The number of anilines is 1. The SMILES string of the molecule is CC1CC(Nc2ccc(F)cc2Br)CCO1. The molecule has 1 aliphatic rings. The first-order chi connectivity index (χ1) is 7.65. The van der Waals surface area contributed by atoms with Crippen LogP contribution in [0.3, 0.4) is 0 Å². The molecular weight excluding hydrogens is 273 g/mol. The Hall–Kier alpha value is -0.610. The summed E-state index contributed by atoms with van der Waals surface area (Å²) in [5.41, 5.74) is 0.945. The highest BCUT2D eigenvalue weighted by molar-refractivity contribution is 9.10. The van der Waals surface area contributed by atoms with Gasteiger partial charge in [0.15, 0.2) is 0 Å². The van der Waals surface area contributed by atoms with Gasteiger partial charge in [-0.05, 0) is 53.9 Å². The molecule has 1 aromatic rings. The van der Waals surface area contributed by atoms with Gasteiger partial charge in [-0.1, -0.05) is 0 Å². The summed E-state index contributed by atoms with van der Waals surface area (Å²) in [5, 5.41) is 3.41. The maximum atomic E-state index is 12.9. The Balaban J connectivity index is 2.02. The van der Waals surface area contributed by atoms with Gasteiger partial charge in [0, 0.05) is 22.8 Å². The molecule has 2 unspecified atom stereocenters. The summed E-state index contributed by atoms with van der Waals surface area (Å²) in [4.78, 5) is 0. The van der Waals surface area contributed by atoms with Gasteiger partial charge in [-0.25, -0.2) is 4.39 Å². The van der Waals surface area contributed by atoms with E-state index >= 15 is 0 Å². The molecule has 16 heavy (non-hydrogen) atoms. The van der Waals surface area contributed by atoms with Crippen molar-refractivity contribution in [1.29, 1.82) is 0 Å². The van der Waals surface area contributed by atoms with Gasteiger partial charge in [-0.2, -0.15) is 0 Å². The highest BCUT2D eigenvalue weighted by atomic mass is 79.9. The van der Waals surface area contributed by atoms with Gasteiger partial charge in [0.05, 0.1) is 6.10 Å². The molecule has 1 N–H and O–H groups in total. The minimum absolute atomic E-state index is 0.224. The third-order valence-electron chi connectivity index (χ3n) is 2.78. The van der Waals surface area contributed by atoms with Crippen LogP contribution in [0, 0.1) is 5.82 Å². The molecule has 1 aromatic carbocycles. The zero-order valence-corrected chi connectivity index (χ0v) is 10.8. The Kier molecular flexibility index (Phi) is 3.82. The van der Waals surface area contributed by atoms with Crippen LogP contribution in [0.4, 0.5) is 10.1 Å². The van der Waals surface area contributed by atoms with E-state index in [1.807, 2.05) is 0 Å². The first-order valence-corrected chi connectivity index (χ1v) is 6.27. The summed E-state index contributed by atoms with van der Waals surface area (Å²) < 4.78 is 19.2. The molecule has 0 amide bonds. The molecule has 1 heterocycles. The van der Waals surface area contributed by atoms with Crippen molar-refractivity contribution in [2.24, 2.45) is 0 Å². The van der Waals surface area contributed by atoms with E-state index in [4.69, 9.17) is 4.74 Å². The fourth-order valence-corrected chi connectivity index (χ4v) is 2.42. The Morgan fingerprint density at radius 1 is 1.50 bits per heavy atom. The molecule has 1 saturated heterocycles. The van der Waals surface area contributed by atoms with Crippen LogP contribution in [-0.2, 0) is 4.74 Å². The first-order valence-electron chi connectivity index (χ1n) is 5.48. The van der Waals surface area contributed by atoms with Crippen molar-refractivity contribution in [3.8, 4) is 0 Å². The second-order valence-corrected chi connectivity index (χ2v) is 5.03. The average Bonchev–Trinajstić information content (AvgIpc) is 2.22. The van der Waals surface area contributed by atoms with Gasteiger partial charge < -0.3 is 10.1 Å². The Morgan fingerprint density at radius 3 is 3.00 bits per heavy atom. The predicted octanol–water partition coefficient (Wildman–Crippen LogP) is 3.57. The molecule has 0 radical (unpaired) electrons. The van der Waals surface area contributed by atoms with Crippen LogP contribution in [0.25, 0.3) is 0 Å². The quantitative estimate of drug-likeness (QED) is 0.898. The van der Waals surface area contributed by atoms with Crippen LogP contribution in [0.15, 0.2) is 22.7 Å². The number of halogens is 2. The van der Waals surface area contributed by atoms with Gasteiger partial charge in [0.1, 0.15) is 5.82 Å². The Labute approximate surface area is 103 Å². The molecule has 0 aromatic heterocycles. The van der Waals surface area contributed by atoms with E-state index in [-0.39, 0.29) is 5.82 Å². The van der Waals surface area contributed by atoms with Crippen molar-refractivity contribution >= 4 is 21.6 Å². The van der Waals surface area contributed by atoms with Gasteiger partial charge in [-0.3, -0.25) is 0 Å². The smallest absolute Gasteiger partial charge is 0.124 e. The number of rotatable bonds is 2. The van der Waals surface area contributed by atoms with Crippen molar-refractivity contribution in [2.75, 3.05) is 11.9 Å². The fraction of sp³-hybridized carbons (Fsp3) is 0.500. The van der Waals surface area contributed by atoms with E-state index in [1.54, 1.807) is 6.07 Å².